The van der Waals surface area contributed by atoms with Crippen molar-refractivity contribution in [3.8, 4) is 5.82 Å². The fourth-order valence-electron chi connectivity index (χ4n) is 2.64. The molecule has 7 heteroatoms. The van der Waals surface area contributed by atoms with E-state index in [2.05, 4.69) is 44.7 Å². The first-order valence-electron chi connectivity index (χ1n) is 8.03. The van der Waals surface area contributed by atoms with Gasteiger partial charge >= 0.3 is 0 Å². The van der Waals surface area contributed by atoms with Crippen LogP contribution in [0.15, 0.2) is 54.9 Å². The van der Waals surface area contributed by atoms with Crippen LogP contribution in [0.5, 0.6) is 0 Å². The molecule has 4 rings (SSSR count). The van der Waals surface area contributed by atoms with Crippen LogP contribution in [0, 0.1) is 0 Å². The largest absolute Gasteiger partial charge is 0.393 e. The summed E-state index contributed by atoms with van der Waals surface area (Å²) in [7, 11) is 0. The van der Waals surface area contributed by atoms with Gasteiger partial charge in [-0.05, 0) is 36.2 Å². The molecule has 0 aliphatic carbocycles. The molecule has 0 amide bonds. The van der Waals surface area contributed by atoms with Crippen LogP contribution < -0.4 is 11.1 Å². The van der Waals surface area contributed by atoms with Gasteiger partial charge in [0.05, 0.1) is 5.52 Å². The second-order valence-electron chi connectivity index (χ2n) is 5.62. The third-order valence-corrected chi connectivity index (χ3v) is 4.04. The summed E-state index contributed by atoms with van der Waals surface area (Å²) < 4.78 is 1.62. The molecule has 0 bridgehead atoms. The monoisotopic (exact) mass is 331 g/mol. The van der Waals surface area contributed by atoms with Gasteiger partial charge in [0.1, 0.15) is 17.5 Å². The number of benzene rings is 2. The molecule has 0 radical (unpaired) electrons. The minimum Gasteiger partial charge on any atom is -0.393 e. The van der Waals surface area contributed by atoms with Gasteiger partial charge < -0.3 is 11.1 Å². The zero-order valence-electron chi connectivity index (χ0n) is 13.7. The average molecular weight is 331 g/mol. The van der Waals surface area contributed by atoms with Crippen molar-refractivity contribution < 1.29 is 0 Å². The average Bonchev–Trinajstić information content (AvgIpc) is 3.08. The Morgan fingerprint density at radius 2 is 1.84 bits per heavy atom. The Balaban J connectivity index is 1.72. The highest BCUT2D eigenvalue weighted by atomic mass is 15.4. The second-order valence-corrected chi connectivity index (χ2v) is 5.62. The van der Waals surface area contributed by atoms with E-state index in [0.29, 0.717) is 17.3 Å². The van der Waals surface area contributed by atoms with Gasteiger partial charge in [0.2, 0.25) is 0 Å². The highest BCUT2D eigenvalue weighted by Crippen LogP contribution is 2.26. The molecule has 0 spiro atoms. The quantitative estimate of drug-likeness (QED) is 0.597. The number of nitrogens with zero attached hydrogens (tertiary/aromatic N) is 5. The number of nitrogen functional groups attached to an aromatic ring is 1. The van der Waals surface area contributed by atoms with Gasteiger partial charge in [0.25, 0.3) is 0 Å². The highest BCUT2D eigenvalue weighted by molar-refractivity contribution is 5.80. The van der Waals surface area contributed by atoms with Crippen molar-refractivity contribution in [1.82, 2.24) is 25.0 Å². The molecular formula is C18H17N7. The van der Waals surface area contributed by atoms with Gasteiger partial charge in [-0.1, -0.05) is 36.4 Å². The SMILES string of the molecule is CCc1ccc(Nc2ncnc(-n3nnc4ccccc43)c2N)cc1. The zero-order chi connectivity index (χ0) is 17.2. The number of anilines is 3. The minimum absolute atomic E-state index is 0.415. The molecule has 3 N–H and O–H groups in total. The number of nitrogens with two attached hydrogens (primary N) is 1. The van der Waals surface area contributed by atoms with E-state index >= 15 is 0 Å². The van der Waals surface area contributed by atoms with Crippen LogP contribution in [-0.4, -0.2) is 25.0 Å². The number of hydrogen-bond acceptors (Lipinski definition) is 6. The standard InChI is InChI=1S/C18H17N7/c1-2-12-7-9-13(10-8-12)22-17-16(19)18(21-11-20-17)25-15-6-4-3-5-14(15)23-24-25/h3-11H,2,19H2,1H3,(H,20,21,22). The lowest BCUT2D eigenvalue weighted by atomic mass is 10.1. The molecule has 0 atom stereocenters. The van der Waals surface area contributed by atoms with Crippen molar-refractivity contribution in [2.24, 2.45) is 0 Å². The molecule has 0 saturated heterocycles. The molecule has 124 valence electrons. The molecule has 2 aromatic heterocycles. The maximum Gasteiger partial charge on any atom is 0.184 e. The number of aryl methyl sites for hydroxylation is 1. The van der Waals surface area contributed by atoms with Gasteiger partial charge in [-0.2, -0.15) is 4.68 Å². The van der Waals surface area contributed by atoms with Crippen molar-refractivity contribution in [3.63, 3.8) is 0 Å². The predicted octanol–water partition coefficient (Wildman–Crippen LogP) is 3.10. The van der Waals surface area contributed by atoms with Crippen LogP contribution >= 0.6 is 0 Å². The van der Waals surface area contributed by atoms with Crippen molar-refractivity contribution in [2.75, 3.05) is 11.1 Å². The smallest absolute Gasteiger partial charge is 0.184 e. The van der Waals surface area contributed by atoms with Crippen LogP contribution in [0.25, 0.3) is 16.9 Å². The zero-order valence-corrected chi connectivity index (χ0v) is 13.7. The van der Waals surface area contributed by atoms with Crippen molar-refractivity contribution >= 4 is 28.2 Å². The van der Waals surface area contributed by atoms with E-state index in [4.69, 9.17) is 5.73 Å². The summed E-state index contributed by atoms with van der Waals surface area (Å²) in [6, 6.07) is 15.8. The number of aromatic nitrogens is 5. The maximum atomic E-state index is 6.29. The molecule has 2 heterocycles. The van der Waals surface area contributed by atoms with Gasteiger partial charge in [0, 0.05) is 5.69 Å². The molecule has 2 aromatic carbocycles. The van der Waals surface area contributed by atoms with Crippen LogP contribution in [0.3, 0.4) is 0 Å². The van der Waals surface area contributed by atoms with Gasteiger partial charge in [-0.3, -0.25) is 0 Å². The van der Waals surface area contributed by atoms with E-state index in [-0.39, 0.29) is 0 Å². The number of hydrogen-bond donors (Lipinski definition) is 2. The summed E-state index contributed by atoms with van der Waals surface area (Å²) in [5, 5.41) is 11.5. The van der Waals surface area contributed by atoms with Crippen LogP contribution in [0.4, 0.5) is 17.2 Å². The number of para-hydroxylation sites is 1. The van der Waals surface area contributed by atoms with Crippen molar-refractivity contribution in [2.45, 2.75) is 13.3 Å². The predicted molar refractivity (Wildman–Crippen MR) is 98.0 cm³/mol. The summed E-state index contributed by atoms with van der Waals surface area (Å²) in [5.74, 6) is 1.03. The Labute approximate surface area is 144 Å². The van der Waals surface area contributed by atoms with E-state index < -0.39 is 0 Å². The van der Waals surface area contributed by atoms with Crippen LogP contribution in [0.2, 0.25) is 0 Å². The molecule has 0 saturated carbocycles. The first-order chi connectivity index (χ1) is 12.3. The molecule has 4 aromatic rings. The number of fused-ring (bicyclic) bond motifs is 1. The summed E-state index contributed by atoms with van der Waals surface area (Å²) in [6.07, 6.45) is 2.46. The molecule has 0 unspecified atom stereocenters. The summed E-state index contributed by atoms with van der Waals surface area (Å²) in [4.78, 5) is 8.54. The summed E-state index contributed by atoms with van der Waals surface area (Å²) >= 11 is 0. The Morgan fingerprint density at radius 3 is 2.64 bits per heavy atom. The summed E-state index contributed by atoms with van der Waals surface area (Å²) in [5.41, 5.74) is 10.5. The first-order valence-corrected chi connectivity index (χ1v) is 8.03. The maximum absolute atomic E-state index is 6.29. The third kappa shape index (κ3) is 2.76. The molecule has 0 aliphatic rings. The van der Waals surface area contributed by atoms with E-state index in [1.807, 2.05) is 36.4 Å². The highest BCUT2D eigenvalue weighted by Gasteiger charge is 2.14. The lowest BCUT2D eigenvalue weighted by Crippen LogP contribution is -2.08. The first kappa shape index (κ1) is 15.1. The number of nitrogens with one attached hydrogen (secondary N) is 1. The van der Waals surface area contributed by atoms with E-state index in [1.54, 1.807) is 4.68 Å². The molecular weight excluding hydrogens is 314 g/mol. The fraction of sp³-hybridized carbons (Fsp3) is 0.111. The normalized spacial score (nSPS) is 10.9. The molecule has 0 fully saturated rings. The van der Waals surface area contributed by atoms with Crippen LogP contribution in [-0.2, 0) is 6.42 Å². The van der Waals surface area contributed by atoms with Gasteiger partial charge in [0.15, 0.2) is 11.6 Å². The minimum atomic E-state index is 0.415. The van der Waals surface area contributed by atoms with E-state index in [1.165, 1.54) is 11.9 Å². The van der Waals surface area contributed by atoms with Crippen molar-refractivity contribution in [1.29, 1.82) is 0 Å². The van der Waals surface area contributed by atoms with Gasteiger partial charge in [-0.25, -0.2) is 9.97 Å². The van der Waals surface area contributed by atoms with Crippen molar-refractivity contribution in [3.05, 3.63) is 60.4 Å². The van der Waals surface area contributed by atoms with E-state index in [9.17, 15) is 0 Å². The van der Waals surface area contributed by atoms with E-state index in [0.717, 1.165) is 23.1 Å². The summed E-state index contributed by atoms with van der Waals surface area (Å²) in [6.45, 7) is 2.12. The lowest BCUT2D eigenvalue weighted by Gasteiger charge is -2.11. The number of rotatable bonds is 4. The third-order valence-electron chi connectivity index (χ3n) is 4.04. The Kier molecular flexibility index (Phi) is 3.74. The molecule has 0 aliphatic heterocycles. The van der Waals surface area contributed by atoms with Crippen LogP contribution in [0.1, 0.15) is 12.5 Å². The molecule has 7 nitrogen and oxygen atoms in total. The second kappa shape index (κ2) is 6.20. The topological polar surface area (TPSA) is 94.5 Å². The molecule has 25 heavy (non-hydrogen) atoms. The Morgan fingerprint density at radius 1 is 1.04 bits per heavy atom. The fourth-order valence-corrected chi connectivity index (χ4v) is 2.64. The Bertz CT molecular complexity index is 1020. The Hall–Kier alpha value is -3.48. The van der Waals surface area contributed by atoms with Gasteiger partial charge in [-0.15, -0.1) is 5.10 Å². The lowest BCUT2D eigenvalue weighted by molar-refractivity contribution is 0.800.